The fourth-order valence-corrected chi connectivity index (χ4v) is 2.38. The van der Waals surface area contributed by atoms with Gasteiger partial charge in [-0.15, -0.1) is 0 Å². The van der Waals surface area contributed by atoms with E-state index in [-0.39, 0.29) is 5.78 Å². The number of carbonyl (C=O) groups is 1. The predicted molar refractivity (Wildman–Crippen MR) is 101 cm³/mol. The van der Waals surface area contributed by atoms with E-state index in [9.17, 15) is 4.79 Å². The molecule has 2 N–H and O–H groups in total. The Bertz CT molecular complexity index is 973. The number of hydrogen-bond acceptors (Lipinski definition) is 6. The van der Waals surface area contributed by atoms with Crippen LogP contribution in [-0.4, -0.2) is 15.8 Å². The van der Waals surface area contributed by atoms with E-state index in [1.807, 2.05) is 37.3 Å². The number of hydrogen-bond donors (Lipinski definition) is 2. The molecule has 0 aliphatic carbocycles. The summed E-state index contributed by atoms with van der Waals surface area (Å²) in [6.45, 7) is 3.42. The molecule has 0 saturated carbocycles. The van der Waals surface area contributed by atoms with Crippen molar-refractivity contribution in [1.29, 1.82) is 5.26 Å². The highest BCUT2D eigenvalue weighted by atomic mass is 16.1. The lowest BCUT2D eigenvalue weighted by atomic mass is 10.1. The fraction of sp³-hybridized carbons (Fsp3) is 0.100. The maximum absolute atomic E-state index is 11.3. The van der Waals surface area contributed by atoms with Gasteiger partial charge in [-0.25, -0.2) is 4.98 Å². The molecule has 0 bridgehead atoms. The quantitative estimate of drug-likeness (QED) is 0.669. The van der Waals surface area contributed by atoms with Gasteiger partial charge in [-0.1, -0.05) is 0 Å². The Labute approximate surface area is 151 Å². The summed E-state index contributed by atoms with van der Waals surface area (Å²) in [5.41, 5.74) is 3.69. The molecule has 0 radical (unpaired) electrons. The van der Waals surface area contributed by atoms with Crippen LogP contribution in [0.1, 0.15) is 28.5 Å². The number of Topliss-reactive ketones (excluding diaryl/α,β-unsaturated/α-hetero) is 1. The molecular weight excluding hydrogens is 326 g/mol. The first-order valence-corrected chi connectivity index (χ1v) is 8.04. The SMILES string of the molecule is CC(=O)c1ccc(Nc2nc(C)cc(Nc3ccc(C#N)cc3)n2)cc1. The van der Waals surface area contributed by atoms with Crippen molar-refractivity contribution in [2.45, 2.75) is 13.8 Å². The monoisotopic (exact) mass is 343 g/mol. The predicted octanol–water partition coefficient (Wildman–Crippen LogP) is 4.35. The molecule has 0 atom stereocenters. The molecule has 0 saturated heterocycles. The zero-order valence-electron chi connectivity index (χ0n) is 14.4. The Kier molecular flexibility index (Phi) is 4.90. The molecule has 0 aliphatic rings. The van der Waals surface area contributed by atoms with Crippen LogP contribution in [0.4, 0.5) is 23.1 Å². The van der Waals surface area contributed by atoms with E-state index in [1.54, 1.807) is 24.3 Å². The summed E-state index contributed by atoms with van der Waals surface area (Å²) in [5, 5.41) is 15.2. The van der Waals surface area contributed by atoms with E-state index < -0.39 is 0 Å². The van der Waals surface area contributed by atoms with E-state index in [0.717, 1.165) is 17.1 Å². The summed E-state index contributed by atoms with van der Waals surface area (Å²) >= 11 is 0. The van der Waals surface area contributed by atoms with Crippen LogP contribution < -0.4 is 10.6 Å². The van der Waals surface area contributed by atoms with Crippen LogP contribution in [0.5, 0.6) is 0 Å². The Morgan fingerprint density at radius 1 is 0.962 bits per heavy atom. The molecule has 2 aromatic carbocycles. The molecule has 1 heterocycles. The Hall–Kier alpha value is -3.72. The average molecular weight is 343 g/mol. The fourth-order valence-electron chi connectivity index (χ4n) is 2.38. The van der Waals surface area contributed by atoms with Gasteiger partial charge in [0.05, 0.1) is 11.6 Å². The number of anilines is 4. The van der Waals surface area contributed by atoms with Crippen LogP contribution in [0.15, 0.2) is 54.6 Å². The first-order chi connectivity index (χ1) is 12.5. The van der Waals surface area contributed by atoms with Crippen LogP contribution in [0.25, 0.3) is 0 Å². The molecule has 1 aromatic heterocycles. The number of nitriles is 1. The summed E-state index contributed by atoms with van der Waals surface area (Å²) in [6, 6.07) is 18.2. The number of benzene rings is 2. The minimum absolute atomic E-state index is 0.0252. The molecule has 0 fully saturated rings. The van der Waals surface area contributed by atoms with Gasteiger partial charge in [0.15, 0.2) is 5.78 Å². The molecule has 3 rings (SSSR count). The van der Waals surface area contributed by atoms with Crippen LogP contribution in [0, 0.1) is 18.3 Å². The van der Waals surface area contributed by atoms with Crippen molar-refractivity contribution in [3.05, 3.63) is 71.4 Å². The van der Waals surface area contributed by atoms with Gasteiger partial charge >= 0.3 is 0 Å². The molecule has 6 nitrogen and oxygen atoms in total. The average Bonchev–Trinajstić information content (AvgIpc) is 2.62. The standard InChI is InChI=1S/C20H17N5O/c1-13-11-19(23-17-7-3-15(12-21)4-8-17)25-20(22-13)24-18-9-5-16(6-10-18)14(2)26/h3-11H,1-2H3,(H2,22,23,24,25). The minimum Gasteiger partial charge on any atom is -0.340 e. The van der Waals surface area contributed by atoms with Crippen LogP contribution >= 0.6 is 0 Å². The van der Waals surface area contributed by atoms with Gasteiger partial charge in [-0.05, 0) is 62.4 Å². The molecule has 0 aliphatic heterocycles. The summed E-state index contributed by atoms with van der Waals surface area (Å²) in [4.78, 5) is 20.2. The van der Waals surface area contributed by atoms with E-state index >= 15 is 0 Å². The van der Waals surface area contributed by atoms with Gasteiger partial charge in [-0.2, -0.15) is 10.2 Å². The molecule has 0 spiro atoms. The van der Waals surface area contributed by atoms with E-state index in [4.69, 9.17) is 5.26 Å². The van der Waals surface area contributed by atoms with Gasteiger partial charge in [0.25, 0.3) is 0 Å². The molecular formula is C20H17N5O. The summed E-state index contributed by atoms with van der Waals surface area (Å²) in [5.74, 6) is 1.12. The third kappa shape index (κ3) is 4.22. The number of ketones is 1. The van der Waals surface area contributed by atoms with E-state index in [2.05, 4.69) is 26.7 Å². The van der Waals surface area contributed by atoms with Crippen LogP contribution in [-0.2, 0) is 0 Å². The van der Waals surface area contributed by atoms with Crippen molar-refractivity contribution in [2.24, 2.45) is 0 Å². The first kappa shape index (κ1) is 17.1. The smallest absolute Gasteiger partial charge is 0.229 e. The van der Waals surface area contributed by atoms with E-state index in [1.165, 1.54) is 6.92 Å². The van der Waals surface area contributed by atoms with E-state index in [0.29, 0.717) is 22.9 Å². The van der Waals surface area contributed by atoms with Gasteiger partial charge < -0.3 is 10.6 Å². The van der Waals surface area contributed by atoms with Gasteiger partial charge in [0.2, 0.25) is 5.95 Å². The van der Waals surface area contributed by atoms with Crippen molar-refractivity contribution in [2.75, 3.05) is 10.6 Å². The highest BCUT2D eigenvalue weighted by Gasteiger charge is 2.05. The lowest BCUT2D eigenvalue weighted by molar-refractivity contribution is 0.101. The molecule has 128 valence electrons. The van der Waals surface area contributed by atoms with Crippen LogP contribution in [0.2, 0.25) is 0 Å². The highest BCUT2D eigenvalue weighted by molar-refractivity contribution is 5.94. The van der Waals surface area contributed by atoms with Crippen LogP contribution in [0.3, 0.4) is 0 Å². The van der Waals surface area contributed by atoms with Gasteiger partial charge in [0.1, 0.15) is 5.82 Å². The third-order valence-electron chi connectivity index (χ3n) is 3.69. The second kappa shape index (κ2) is 7.45. The lowest BCUT2D eigenvalue weighted by Crippen LogP contribution is -2.02. The zero-order chi connectivity index (χ0) is 18.5. The third-order valence-corrected chi connectivity index (χ3v) is 3.69. The number of aryl methyl sites for hydroxylation is 1. The van der Waals surface area contributed by atoms with Crippen molar-refractivity contribution >= 4 is 28.9 Å². The topological polar surface area (TPSA) is 90.7 Å². The first-order valence-electron chi connectivity index (χ1n) is 8.04. The van der Waals surface area contributed by atoms with Crippen molar-refractivity contribution in [1.82, 2.24) is 9.97 Å². The summed E-state index contributed by atoms with van der Waals surface area (Å²) < 4.78 is 0. The summed E-state index contributed by atoms with van der Waals surface area (Å²) in [7, 11) is 0. The minimum atomic E-state index is 0.0252. The molecule has 26 heavy (non-hydrogen) atoms. The maximum atomic E-state index is 11.3. The molecule has 3 aromatic rings. The van der Waals surface area contributed by atoms with Gasteiger partial charge in [0, 0.05) is 28.7 Å². The second-order valence-corrected chi connectivity index (χ2v) is 5.79. The molecule has 6 heteroatoms. The normalized spacial score (nSPS) is 10.0. The summed E-state index contributed by atoms with van der Waals surface area (Å²) in [6.07, 6.45) is 0. The Morgan fingerprint density at radius 3 is 2.19 bits per heavy atom. The van der Waals surface area contributed by atoms with Crippen molar-refractivity contribution in [3.63, 3.8) is 0 Å². The zero-order valence-corrected chi connectivity index (χ0v) is 14.4. The number of carbonyl (C=O) groups excluding carboxylic acids is 1. The van der Waals surface area contributed by atoms with Gasteiger partial charge in [-0.3, -0.25) is 4.79 Å². The number of rotatable bonds is 5. The number of nitrogens with one attached hydrogen (secondary N) is 2. The van der Waals surface area contributed by atoms with Crippen molar-refractivity contribution in [3.8, 4) is 6.07 Å². The largest absolute Gasteiger partial charge is 0.340 e. The number of nitrogens with zero attached hydrogens (tertiary/aromatic N) is 3. The number of aromatic nitrogens is 2. The molecule has 0 amide bonds. The highest BCUT2D eigenvalue weighted by Crippen LogP contribution is 2.20. The lowest BCUT2D eigenvalue weighted by Gasteiger charge is -2.10. The Morgan fingerprint density at radius 2 is 1.58 bits per heavy atom. The molecule has 0 unspecified atom stereocenters. The second-order valence-electron chi connectivity index (χ2n) is 5.79. The Balaban J connectivity index is 1.78. The van der Waals surface area contributed by atoms with Crippen molar-refractivity contribution < 1.29 is 4.79 Å². The maximum Gasteiger partial charge on any atom is 0.229 e.